The number of anilines is 1. The van der Waals surface area contributed by atoms with Gasteiger partial charge in [0.15, 0.2) is 5.78 Å². The Kier molecular flexibility index (Phi) is 4.95. The minimum Gasteiger partial charge on any atom is -0.497 e. The molecule has 7 heteroatoms. The Balaban J connectivity index is 2.01. The lowest BCUT2D eigenvalue weighted by Crippen LogP contribution is -2.13. The summed E-state index contributed by atoms with van der Waals surface area (Å²) >= 11 is 5.81. The van der Waals surface area contributed by atoms with Crippen molar-refractivity contribution in [2.75, 3.05) is 19.0 Å². The Labute approximate surface area is 131 Å². The summed E-state index contributed by atoms with van der Waals surface area (Å²) in [6, 6.07) is 11.0. The topological polar surface area (TPSA) is 81.5 Å². The second-order valence-electron chi connectivity index (χ2n) is 4.43. The van der Waals surface area contributed by atoms with Gasteiger partial charge in [-0.3, -0.25) is 14.9 Å². The summed E-state index contributed by atoms with van der Waals surface area (Å²) in [7, 11) is 1.55. The van der Waals surface area contributed by atoms with E-state index in [4.69, 9.17) is 16.3 Å². The number of methoxy groups -OCH3 is 1. The normalized spacial score (nSPS) is 10.1. The maximum absolute atomic E-state index is 12.0. The molecule has 0 aliphatic carbocycles. The number of nitro benzene ring substituents is 1. The number of halogens is 1. The quantitative estimate of drug-likeness (QED) is 0.500. The van der Waals surface area contributed by atoms with Gasteiger partial charge >= 0.3 is 0 Å². The number of nitro groups is 1. The molecule has 0 aliphatic rings. The number of rotatable bonds is 6. The maximum atomic E-state index is 12.0. The highest BCUT2D eigenvalue weighted by atomic mass is 35.5. The fraction of sp³-hybridized carbons (Fsp3) is 0.133. The average Bonchev–Trinajstić information content (AvgIpc) is 2.52. The summed E-state index contributed by atoms with van der Waals surface area (Å²) in [4.78, 5) is 22.1. The van der Waals surface area contributed by atoms with Crippen molar-refractivity contribution in [2.24, 2.45) is 0 Å². The lowest BCUT2D eigenvalue weighted by molar-refractivity contribution is -0.384. The summed E-state index contributed by atoms with van der Waals surface area (Å²) in [5, 5.41) is 13.6. The summed E-state index contributed by atoms with van der Waals surface area (Å²) in [5.41, 5.74) is 0.910. The van der Waals surface area contributed by atoms with E-state index in [9.17, 15) is 14.9 Å². The zero-order valence-electron chi connectivity index (χ0n) is 11.7. The summed E-state index contributed by atoms with van der Waals surface area (Å²) < 4.78 is 5.03. The molecule has 6 nitrogen and oxygen atoms in total. The average molecular weight is 321 g/mol. The highest BCUT2D eigenvalue weighted by Gasteiger charge is 2.12. The van der Waals surface area contributed by atoms with Gasteiger partial charge in [0, 0.05) is 17.3 Å². The third kappa shape index (κ3) is 3.73. The molecule has 2 rings (SSSR count). The number of nitrogens with one attached hydrogen (secondary N) is 1. The first kappa shape index (κ1) is 15.8. The van der Waals surface area contributed by atoms with Crippen LogP contribution in [0.1, 0.15) is 10.4 Å². The monoisotopic (exact) mass is 320 g/mol. The van der Waals surface area contributed by atoms with Crippen molar-refractivity contribution in [1.29, 1.82) is 0 Å². The first-order valence-electron chi connectivity index (χ1n) is 6.36. The van der Waals surface area contributed by atoms with Crippen LogP contribution in [0, 0.1) is 10.1 Å². The van der Waals surface area contributed by atoms with Crippen LogP contribution in [0.5, 0.6) is 5.75 Å². The molecule has 22 heavy (non-hydrogen) atoms. The van der Waals surface area contributed by atoms with E-state index >= 15 is 0 Å². The Morgan fingerprint density at radius 2 is 1.95 bits per heavy atom. The first-order valence-corrected chi connectivity index (χ1v) is 6.74. The van der Waals surface area contributed by atoms with Gasteiger partial charge in [0.1, 0.15) is 10.8 Å². The Bertz CT molecular complexity index is 701. The fourth-order valence-corrected chi connectivity index (χ4v) is 2.08. The number of Topliss-reactive ketones (excluding diaryl/α,β-unsaturated/α-hetero) is 1. The molecule has 0 saturated carbocycles. The van der Waals surface area contributed by atoms with E-state index in [2.05, 4.69) is 5.32 Å². The molecule has 0 heterocycles. The van der Waals surface area contributed by atoms with Crippen molar-refractivity contribution in [3.63, 3.8) is 0 Å². The van der Waals surface area contributed by atoms with Gasteiger partial charge in [0.2, 0.25) is 0 Å². The van der Waals surface area contributed by atoms with Crippen LogP contribution < -0.4 is 10.1 Å². The predicted molar refractivity (Wildman–Crippen MR) is 83.9 cm³/mol. The minimum atomic E-state index is -0.561. The number of benzene rings is 2. The largest absolute Gasteiger partial charge is 0.497 e. The molecule has 0 amide bonds. The molecule has 0 spiro atoms. The van der Waals surface area contributed by atoms with Crippen molar-refractivity contribution in [2.45, 2.75) is 0 Å². The van der Waals surface area contributed by atoms with Gasteiger partial charge in [0.25, 0.3) is 5.69 Å². The molecule has 0 bridgehead atoms. The van der Waals surface area contributed by atoms with Crippen LogP contribution in [-0.2, 0) is 0 Å². The number of hydrogen-bond donors (Lipinski definition) is 1. The van der Waals surface area contributed by atoms with E-state index in [1.807, 2.05) is 0 Å². The van der Waals surface area contributed by atoms with Crippen LogP contribution >= 0.6 is 11.6 Å². The lowest BCUT2D eigenvalue weighted by Gasteiger charge is -2.07. The molecule has 0 fully saturated rings. The molecule has 2 aromatic carbocycles. The van der Waals surface area contributed by atoms with Gasteiger partial charge in [-0.2, -0.15) is 0 Å². The lowest BCUT2D eigenvalue weighted by atomic mass is 10.1. The van der Waals surface area contributed by atoms with Gasteiger partial charge < -0.3 is 10.1 Å². The Hall–Kier alpha value is -2.60. The number of ether oxygens (including phenoxy) is 1. The van der Waals surface area contributed by atoms with E-state index in [0.717, 1.165) is 0 Å². The van der Waals surface area contributed by atoms with Crippen molar-refractivity contribution < 1.29 is 14.5 Å². The highest BCUT2D eigenvalue weighted by Crippen LogP contribution is 2.27. The number of carbonyl (C=O) groups is 1. The van der Waals surface area contributed by atoms with E-state index in [-0.39, 0.29) is 23.0 Å². The van der Waals surface area contributed by atoms with Gasteiger partial charge in [0.05, 0.1) is 18.6 Å². The molecule has 0 atom stereocenters. The molecule has 114 valence electrons. The summed E-state index contributed by atoms with van der Waals surface area (Å²) in [6.07, 6.45) is 0. The van der Waals surface area contributed by atoms with Gasteiger partial charge in [-0.25, -0.2) is 0 Å². The van der Waals surface area contributed by atoms with Crippen molar-refractivity contribution >= 4 is 28.8 Å². The number of hydrogen-bond acceptors (Lipinski definition) is 5. The number of nitrogens with zero attached hydrogens (tertiary/aromatic N) is 1. The van der Waals surface area contributed by atoms with E-state index < -0.39 is 4.92 Å². The molecule has 0 saturated heterocycles. The highest BCUT2D eigenvalue weighted by molar-refractivity contribution is 6.32. The minimum absolute atomic E-state index is 0.0203. The maximum Gasteiger partial charge on any atom is 0.288 e. The van der Waals surface area contributed by atoms with Gasteiger partial charge in [-0.15, -0.1) is 0 Å². The van der Waals surface area contributed by atoms with Crippen LogP contribution in [0.15, 0.2) is 42.5 Å². The van der Waals surface area contributed by atoms with Gasteiger partial charge in [-0.1, -0.05) is 11.6 Å². The van der Waals surface area contributed by atoms with Crippen LogP contribution in [-0.4, -0.2) is 24.4 Å². The van der Waals surface area contributed by atoms with Crippen molar-refractivity contribution in [1.82, 2.24) is 0 Å². The molecule has 0 radical (unpaired) electrons. The Morgan fingerprint density at radius 1 is 1.27 bits per heavy atom. The third-order valence-electron chi connectivity index (χ3n) is 3.01. The predicted octanol–water partition coefficient (Wildman–Crippen LogP) is 3.55. The molecular formula is C15H13ClN2O4. The molecule has 0 unspecified atom stereocenters. The van der Waals surface area contributed by atoms with Crippen LogP contribution in [0.25, 0.3) is 0 Å². The number of carbonyl (C=O) groups excluding carboxylic acids is 1. The van der Waals surface area contributed by atoms with Crippen molar-refractivity contribution in [3.05, 3.63) is 63.2 Å². The standard InChI is InChI=1S/C15H13ClN2O4/c1-22-12-5-2-10(3-6-12)15(19)9-17-11-4-7-14(18(20)21)13(16)8-11/h2-8,17H,9H2,1H3. The second-order valence-corrected chi connectivity index (χ2v) is 4.84. The Morgan fingerprint density at radius 3 is 2.50 bits per heavy atom. The zero-order chi connectivity index (χ0) is 16.1. The van der Waals surface area contributed by atoms with Crippen LogP contribution in [0.2, 0.25) is 5.02 Å². The molecular weight excluding hydrogens is 308 g/mol. The third-order valence-corrected chi connectivity index (χ3v) is 3.31. The van der Waals surface area contributed by atoms with E-state index in [1.54, 1.807) is 31.4 Å². The van der Waals surface area contributed by atoms with E-state index in [0.29, 0.717) is 17.0 Å². The fourth-order valence-electron chi connectivity index (χ4n) is 1.83. The summed E-state index contributed by atoms with van der Waals surface area (Å²) in [6.45, 7) is 0.0560. The van der Waals surface area contributed by atoms with Crippen LogP contribution in [0.3, 0.4) is 0 Å². The van der Waals surface area contributed by atoms with Crippen molar-refractivity contribution in [3.8, 4) is 5.75 Å². The van der Waals surface area contributed by atoms with Crippen LogP contribution in [0.4, 0.5) is 11.4 Å². The second kappa shape index (κ2) is 6.91. The molecule has 1 N–H and O–H groups in total. The first-order chi connectivity index (χ1) is 10.5. The van der Waals surface area contributed by atoms with E-state index in [1.165, 1.54) is 18.2 Å². The number of ketones is 1. The smallest absolute Gasteiger partial charge is 0.288 e. The summed E-state index contributed by atoms with van der Waals surface area (Å²) in [5.74, 6) is 0.559. The molecule has 0 aliphatic heterocycles. The van der Waals surface area contributed by atoms with Gasteiger partial charge in [-0.05, 0) is 36.4 Å². The molecule has 0 aromatic heterocycles. The SMILES string of the molecule is COc1ccc(C(=O)CNc2ccc([N+](=O)[O-])c(Cl)c2)cc1. The zero-order valence-corrected chi connectivity index (χ0v) is 12.5. The molecule has 2 aromatic rings.